The summed E-state index contributed by atoms with van der Waals surface area (Å²) < 4.78 is 9.82. The van der Waals surface area contributed by atoms with Crippen LogP contribution in [0, 0.1) is 0 Å². The molecule has 6 rings (SSSR count). The molecule has 174 valence electrons. The van der Waals surface area contributed by atoms with Gasteiger partial charge in [-0.05, 0) is 13.0 Å². The summed E-state index contributed by atoms with van der Waals surface area (Å²) in [5.74, 6) is 3.15. The summed E-state index contributed by atoms with van der Waals surface area (Å²) in [7, 11) is 1.83. The summed E-state index contributed by atoms with van der Waals surface area (Å²) in [4.78, 5) is 27.7. The monoisotopic (exact) mass is 460 g/mol. The lowest BCUT2D eigenvalue weighted by Gasteiger charge is -2.26. The van der Waals surface area contributed by atoms with Crippen molar-refractivity contribution in [1.82, 2.24) is 39.8 Å². The Morgan fingerprint density at radius 2 is 2.12 bits per heavy atom. The summed E-state index contributed by atoms with van der Waals surface area (Å²) in [6, 6.07) is 3.80. The molecule has 1 saturated heterocycles. The Kier molecular flexibility index (Phi) is 4.78. The number of rotatable bonds is 1. The number of aromatic nitrogens is 7. The number of piperazine rings is 1. The minimum Gasteiger partial charge on any atom is -0.477 e. The summed E-state index contributed by atoms with van der Waals surface area (Å²) in [5, 5.41) is 16.3. The van der Waals surface area contributed by atoms with Crippen molar-refractivity contribution in [3.8, 4) is 17.3 Å². The molecule has 12 nitrogen and oxygen atoms in total. The molecule has 4 bridgehead atoms. The van der Waals surface area contributed by atoms with E-state index in [1.165, 1.54) is 0 Å². The Morgan fingerprint density at radius 3 is 3.00 bits per heavy atom. The molecule has 1 amide bonds. The number of hydrogen-bond acceptors (Lipinski definition) is 9. The molecule has 2 aliphatic heterocycles. The first kappa shape index (κ1) is 20.4. The number of aryl methyl sites for hydroxylation is 1. The number of ether oxygens (including phenoxy) is 1. The van der Waals surface area contributed by atoms with Crippen LogP contribution in [0.1, 0.15) is 19.4 Å². The fraction of sp³-hybridized carbons (Fsp3) is 0.364. The van der Waals surface area contributed by atoms with Gasteiger partial charge in [-0.1, -0.05) is 0 Å². The Balaban J connectivity index is 1.46. The molecule has 34 heavy (non-hydrogen) atoms. The molecule has 0 saturated carbocycles. The van der Waals surface area contributed by atoms with Crippen molar-refractivity contribution < 1.29 is 9.53 Å². The fourth-order valence-electron chi connectivity index (χ4n) is 4.36. The quantitative estimate of drug-likeness (QED) is 0.436. The van der Waals surface area contributed by atoms with Crippen LogP contribution in [0.5, 0.6) is 5.88 Å². The molecule has 0 aromatic carbocycles. The first-order valence-electron chi connectivity index (χ1n) is 11.2. The average Bonchev–Trinajstić information content (AvgIpc) is 3.39. The molecule has 0 radical (unpaired) electrons. The lowest BCUT2D eigenvalue weighted by Crippen LogP contribution is -2.48. The van der Waals surface area contributed by atoms with E-state index in [2.05, 4.69) is 37.6 Å². The highest BCUT2D eigenvalue weighted by Crippen LogP contribution is 2.33. The first-order valence-corrected chi connectivity index (χ1v) is 11.2. The molecular weight excluding hydrogens is 436 g/mol. The predicted octanol–water partition coefficient (Wildman–Crippen LogP) is 1.65. The molecule has 1 atom stereocenters. The van der Waals surface area contributed by atoms with Crippen molar-refractivity contribution in [2.45, 2.75) is 19.4 Å². The van der Waals surface area contributed by atoms with Gasteiger partial charge in [0.1, 0.15) is 17.2 Å². The smallest absolute Gasteiger partial charge is 0.239 e. The summed E-state index contributed by atoms with van der Waals surface area (Å²) >= 11 is 0. The molecule has 12 heteroatoms. The lowest BCUT2D eigenvalue weighted by molar-refractivity contribution is -0.120. The molecule has 2 N–H and O–H groups in total. The van der Waals surface area contributed by atoms with Crippen molar-refractivity contribution in [2.75, 3.05) is 36.5 Å². The average molecular weight is 461 g/mol. The molecule has 0 aliphatic carbocycles. The zero-order chi connectivity index (χ0) is 23.2. The van der Waals surface area contributed by atoms with Crippen LogP contribution in [0.4, 0.5) is 17.5 Å². The van der Waals surface area contributed by atoms with Crippen molar-refractivity contribution in [1.29, 1.82) is 0 Å². The van der Waals surface area contributed by atoms with Gasteiger partial charge in [-0.15, -0.1) is 0 Å². The van der Waals surface area contributed by atoms with Gasteiger partial charge in [0.05, 0.1) is 36.3 Å². The highest BCUT2D eigenvalue weighted by atomic mass is 16.5. The number of nitrogens with zero attached hydrogens (tertiary/aromatic N) is 8. The highest BCUT2D eigenvalue weighted by Gasteiger charge is 2.25. The third-order valence-corrected chi connectivity index (χ3v) is 6.14. The summed E-state index contributed by atoms with van der Waals surface area (Å²) in [6.07, 6.45) is 5.92. The van der Waals surface area contributed by atoms with Crippen molar-refractivity contribution in [3.63, 3.8) is 0 Å². The van der Waals surface area contributed by atoms with E-state index in [0.717, 1.165) is 22.3 Å². The summed E-state index contributed by atoms with van der Waals surface area (Å²) in [5.41, 5.74) is 1.66. The number of amides is 1. The molecule has 1 fully saturated rings. The number of carbonyl (C=O) groups is 1. The second-order valence-electron chi connectivity index (χ2n) is 8.49. The van der Waals surface area contributed by atoms with E-state index < -0.39 is 0 Å². The lowest BCUT2D eigenvalue weighted by atomic mass is 10.2. The molecule has 0 spiro atoms. The third kappa shape index (κ3) is 3.47. The van der Waals surface area contributed by atoms with Crippen LogP contribution in [0.3, 0.4) is 0 Å². The molecule has 4 aromatic heterocycles. The number of fused-ring (bicyclic) bond motifs is 5. The normalized spacial score (nSPS) is 18.1. The Bertz CT molecular complexity index is 1390. The van der Waals surface area contributed by atoms with Gasteiger partial charge >= 0.3 is 0 Å². The van der Waals surface area contributed by atoms with E-state index in [1.54, 1.807) is 29.3 Å². The van der Waals surface area contributed by atoms with Gasteiger partial charge in [-0.3, -0.25) is 9.48 Å². The number of nitrogens with one attached hydrogen (secondary N) is 2. The van der Waals surface area contributed by atoms with Gasteiger partial charge in [0.15, 0.2) is 11.6 Å². The molecule has 6 heterocycles. The predicted molar refractivity (Wildman–Crippen MR) is 125 cm³/mol. The SMILES string of the molecule is CC1CCOc2c(cnn2C)-c2nccc(n2)Nc2cc3c(cn2)c(N2CCNC(=O)C2)nn31. The van der Waals surface area contributed by atoms with Crippen LogP contribution in [0.15, 0.2) is 30.7 Å². The molecule has 1 unspecified atom stereocenters. The van der Waals surface area contributed by atoms with E-state index in [1.807, 2.05) is 22.7 Å². The first-order chi connectivity index (χ1) is 16.6. The Morgan fingerprint density at radius 1 is 1.21 bits per heavy atom. The number of anilines is 3. The Hall–Kier alpha value is -4.22. The largest absolute Gasteiger partial charge is 0.477 e. The third-order valence-electron chi connectivity index (χ3n) is 6.14. The highest BCUT2D eigenvalue weighted by molar-refractivity contribution is 5.94. The van der Waals surface area contributed by atoms with Gasteiger partial charge in [-0.25, -0.2) is 19.6 Å². The zero-order valence-electron chi connectivity index (χ0n) is 18.9. The maximum atomic E-state index is 12.0. The van der Waals surface area contributed by atoms with E-state index in [4.69, 9.17) is 9.84 Å². The second-order valence-corrected chi connectivity index (χ2v) is 8.49. The minimum atomic E-state index is -0.00779. The topological polar surface area (TPSA) is 128 Å². The van der Waals surface area contributed by atoms with Gasteiger partial charge in [0.2, 0.25) is 11.8 Å². The van der Waals surface area contributed by atoms with E-state index in [9.17, 15) is 4.79 Å². The van der Waals surface area contributed by atoms with Crippen molar-refractivity contribution >= 4 is 34.3 Å². The number of hydrogen-bond donors (Lipinski definition) is 2. The van der Waals surface area contributed by atoms with Crippen molar-refractivity contribution in [3.05, 3.63) is 30.7 Å². The van der Waals surface area contributed by atoms with E-state index in [0.29, 0.717) is 49.5 Å². The van der Waals surface area contributed by atoms with Gasteiger partial charge in [0.25, 0.3) is 0 Å². The van der Waals surface area contributed by atoms with Crippen LogP contribution in [0.25, 0.3) is 22.3 Å². The van der Waals surface area contributed by atoms with Gasteiger partial charge in [0, 0.05) is 45.0 Å². The zero-order valence-corrected chi connectivity index (χ0v) is 18.9. The summed E-state index contributed by atoms with van der Waals surface area (Å²) in [6.45, 7) is 4.13. The molecule has 4 aromatic rings. The fourth-order valence-corrected chi connectivity index (χ4v) is 4.36. The van der Waals surface area contributed by atoms with E-state index in [-0.39, 0.29) is 18.5 Å². The van der Waals surface area contributed by atoms with Gasteiger partial charge in [-0.2, -0.15) is 10.2 Å². The number of pyridine rings is 1. The van der Waals surface area contributed by atoms with Gasteiger partial charge < -0.3 is 20.3 Å². The van der Waals surface area contributed by atoms with Crippen LogP contribution in [0.2, 0.25) is 0 Å². The van der Waals surface area contributed by atoms with Crippen molar-refractivity contribution in [2.24, 2.45) is 7.05 Å². The van der Waals surface area contributed by atoms with Crippen LogP contribution in [-0.2, 0) is 11.8 Å². The minimum absolute atomic E-state index is 0.00779. The van der Waals surface area contributed by atoms with Crippen LogP contribution < -0.4 is 20.3 Å². The Labute approximate surface area is 195 Å². The second kappa shape index (κ2) is 7.97. The van der Waals surface area contributed by atoms with E-state index >= 15 is 0 Å². The number of carbonyl (C=O) groups excluding carboxylic acids is 1. The standard InChI is InChI=1S/C22H24N10O2/c1-13-4-8-34-22-15(11-26-30(22)2)20-24-5-3-17(28-20)27-18-9-16-14(10-25-18)21(29-32(13)16)31-7-6-23-19(33)12-31/h3,5,9-11,13H,4,6-8,12H2,1-2H3,(H,23,33)(H,24,25,27,28). The maximum absolute atomic E-state index is 12.0. The molecular formula is C22H24N10O2. The molecule has 2 aliphatic rings. The van der Waals surface area contributed by atoms with Crippen LogP contribution in [-0.4, -0.2) is 66.7 Å². The van der Waals surface area contributed by atoms with Crippen LogP contribution >= 0.6 is 0 Å². The maximum Gasteiger partial charge on any atom is 0.239 e.